The Morgan fingerprint density at radius 1 is 0.941 bits per heavy atom. The van der Waals surface area contributed by atoms with Crippen LogP contribution in [-0.4, -0.2) is 47.7 Å². The summed E-state index contributed by atoms with van der Waals surface area (Å²) in [5.41, 5.74) is 4.19. The summed E-state index contributed by atoms with van der Waals surface area (Å²) in [6, 6.07) is 24.4. The number of para-hydroxylation sites is 1. The molecule has 0 unspecified atom stereocenters. The van der Waals surface area contributed by atoms with E-state index in [0.717, 1.165) is 22.6 Å². The lowest BCUT2D eigenvalue weighted by molar-refractivity contribution is -0.127. The largest absolute Gasteiger partial charge is 0.497 e. The zero-order valence-electron chi connectivity index (χ0n) is 19.4. The van der Waals surface area contributed by atoms with Crippen molar-refractivity contribution in [2.45, 2.75) is 6.42 Å². The first-order chi connectivity index (χ1) is 16.4. The maximum absolute atomic E-state index is 13.3. The Bertz CT molecular complexity index is 1280. The van der Waals surface area contributed by atoms with Crippen LogP contribution in [0.4, 0.5) is 5.69 Å². The fraction of sp³-hybridized carbons (Fsp3) is 0.148. The molecule has 0 bridgehead atoms. The van der Waals surface area contributed by atoms with Crippen molar-refractivity contribution < 1.29 is 14.3 Å². The van der Waals surface area contributed by atoms with Gasteiger partial charge in [-0.1, -0.05) is 30.3 Å². The lowest BCUT2D eigenvalue weighted by Crippen LogP contribution is -2.23. The highest BCUT2D eigenvalue weighted by Crippen LogP contribution is 2.26. The summed E-state index contributed by atoms with van der Waals surface area (Å²) in [6.07, 6.45) is 2.04. The van der Waals surface area contributed by atoms with Crippen LogP contribution >= 0.6 is 0 Å². The molecule has 172 valence electrons. The average Bonchev–Trinajstić information content (AvgIpc) is 3.31. The van der Waals surface area contributed by atoms with E-state index in [4.69, 9.17) is 9.84 Å². The van der Waals surface area contributed by atoms with Crippen LogP contribution in [0.2, 0.25) is 0 Å². The normalized spacial score (nSPS) is 10.6. The van der Waals surface area contributed by atoms with Gasteiger partial charge in [0.2, 0.25) is 5.91 Å². The van der Waals surface area contributed by atoms with Crippen molar-refractivity contribution in [2.75, 3.05) is 26.5 Å². The smallest absolute Gasteiger partial charge is 0.259 e. The molecule has 4 rings (SSSR count). The van der Waals surface area contributed by atoms with Crippen LogP contribution < -0.4 is 10.1 Å². The van der Waals surface area contributed by atoms with Gasteiger partial charge in [0.25, 0.3) is 5.91 Å². The SMILES string of the molecule is COc1ccc(-c2nn(-c3ccccc3)cc2C(=O)Nc2ccc(CC(=O)N(C)C)cc2)cc1. The van der Waals surface area contributed by atoms with Gasteiger partial charge in [-0.25, -0.2) is 4.68 Å². The van der Waals surface area contributed by atoms with E-state index in [2.05, 4.69) is 5.32 Å². The average molecular weight is 455 g/mol. The van der Waals surface area contributed by atoms with E-state index in [1.165, 1.54) is 0 Å². The van der Waals surface area contributed by atoms with Gasteiger partial charge in [0.1, 0.15) is 11.4 Å². The lowest BCUT2D eigenvalue weighted by atomic mass is 10.1. The zero-order valence-corrected chi connectivity index (χ0v) is 19.4. The number of nitrogens with one attached hydrogen (secondary N) is 1. The fourth-order valence-electron chi connectivity index (χ4n) is 3.45. The first-order valence-corrected chi connectivity index (χ1v) is 10.8. The standard InChI is InChI=1S/C27H26N4O3/c1-30(2)25(32)17-19-9-13-21(14-10-19)28-27(33)24-18-31(22-7-5-4-6-8-22)29-26(24)20-11-15-23(34-3)16-12-20/h4-16,18H,17H2,1-3H3,(H,28,33). The highest BCUT2D eigenvalue weighted by Gasteiger charge is 2.19. The van der Waals surface area contributed by atoms with Crippen LogP contribution in [0.15, 0.2) is 85.1 Å². The summed E-state index contributed by atoms with van der Waals surface area (Å²) < 4.78 is 6.95. The molecule has 4 aromatic rings. The van der Waals surface area contributed by atoms with E-state index < -0.39 is 0 Å². The number of likely N-dealkylation sites (N-methyl/N-ethyl adjacent to an activating group) is 1. The molecule has 0 saturated carbocycles. The molecule has 3 aromatic carbocycles. The highest BCUT2D eigenvalue weighted by molar-refractivity contribution is 6.08. The minimum Gasteiger partial charge on any atom is -0.497 e. The third kappa shape index (κ3) is 5.15. The number of amides is 2. The molecule has 7 heteroatoms. The molecule has 7 nitrogen and oxygen atoms in total. The minimum absolute atomic E-state index is 0.0224. The molecule has 0 atom stereocenters. The second-order valence-corrected chi connectivity index (χ2v) is 8.02. The summed E-state index contributed by atoms with van der Waals surface area (Å²) in [5.74, 6) is 0.476. The topological polar surface area (TPSA) is 76.5 Å². The van der Waals surface area contributed by atoms with Crippen LogP contribution in [0, 0.1) is 0 Å². The second-order valence-electron chi connectivity index (χ2n) is 8.02. The van der Waals surface area contributed by atoms with Crippen molar-refractivity contribution in [3.05, 3.63) is 96.2 Å². The van der Waals surface area contributed by atoms with Crippen LogP contribution in [-0.2, 0) is 11.2 Å². The van der Waals surface area contributed by atoms with E-state index in [0.29, 0.717) is 23.4 Å². The number of methoxy groups -OCH3 is 1. The van der Waals surface area contributed by atoms with Crippen molar-refractivity contribution in [2.24, 2.45) is 0 Å². The molecule has 1 N–H and O–H groups in total. The number of hydrogen-bond donors (Lipinski definition) is 1. The first kappa shape index (κ1) is 22.8. The molecule has 0 fully saturated rings. The van der Waals surface area contributed by atoms with Gasteiger partial charge in [0.05, 0.1) is 24.8 Å². The van der Waals surface area contributed by atoms with Crippen molar-refractivity contribution in [3.8, 4) is 22.7 Å². The molecule has 0 aliphatic rings. The number of carbonyl (C=O) groups excluding carboxylic acids is 2. The van der Waals surface area contributed by atoms with Gasteiger partial charge >= 0.3 is 0 Å². The molecule has 0 saturated heterocycles. The second kappa shape index (κ2) is 10.0. The molecule has 1 heterocycles. The van der Waals surface area contributed by atoms with Gasteiger partial charge in [-0.05, 0) is 54.1 Å². The van der Waals surface area contributed by atoms with E-state index in [1.54, 1.807) is 49.1 Å². The van der Waals surface area contributed by atoms with Crippen LogP contribution in [0.5, 0.6) is 5.75 Å². The van der Waals surface area contributed by atoms with E-state index in [9.17, 15) is 9.59 Å². The Balaban J connectivity index is 1.62. The molecule has 0 aliphatic heterocycles. The molecule has 0 radical (unpaired) electrons. The number of carbonyl (C=O) groups is 2. The van der Waals surface area contributed by atoms with Gasteiger partial charge in [-0.3, -0.25) is 9.59 Å². The Hall–Kier alpha value is -4.39. The quantitative estimate of drug-likeness (QED) is 0.448. The predicted octanol–water partition coefficient (Wildman–Crippen LogP) is 4.43. The van der Waals surface area contributed by atoms with Gasteiger partial charge in [-0.15, -0.1) is 0 Å². The van der Waals surface area contributed by atoms with Crippen LogP contribution in [0.25, 0.3) is 16.9 Å². The molecule has 2 amide bonds. The van der Waals surface area contributed by atoms with Crippen molar-refractivity contribution in [1.82, 2.24) is 14.7 Å². The number of rotatable bonds is 7. The number of ether oxygens (including phenoxy) is 1. The van der Waals surface area contributed by atoms with Crippen LogP contribution in [0.3, 0.4) is 0 Å². The summed E-state index contributed by atoms with van der Waals surface area (Å²) in [4.78, 5) is 26.8. The van der Waals surface area contributed by atoms with Gasteiger partial charge in [-0.2, -0.15) is 5.10 Å². The summed E-state index contributed by atoms with van der Waals surface area (Å²) in [5, 5.41) is 7.65. The molecule has 34 heavy (non-hydrogen) atoms. The lowest BCUT2D eigenvalue weighted by Gasteiger charge is -2.10. The Labute approximate surface area is 198 Å². The number of anilines is 1. The number of benzene rings is 3. The number of hydrogen-bond acceptors (Lipinski definition) is 4. The monoisotopic (exact) mass is 454 g/mol. The Kier molecular flexibility index (Phi) is 6.73. The highest BCUT2D eigenvalue weighted by atomic mass is 16.5. The van der Waals surface area contributed by atoms with Crippen molar-refractivity contribution in [3.63, 3.8) is 0 Å². The van der Waals surface area contributed by atoms with E-state index in [-0.39, 0.29) is 11.8 Å². The number of aromatic nitrogens is 2. The summed E-state index contributed by atoms with van der Waals surface area (Å²) in [7, 11) is 5.07. The van der Waals surface area contributed by atoms with E-state index in [1.807, 2.05) is 66.7 Å². The molecular weight excluding hydrogens is 428 g/mol. The third-order valence-electron chi connectivity index (χ3n) is 5.41. The molecular formula is C27H26N4O3. The predicted molar refractivity (Wildman–Crippen MR) is 132 cm³/mol. The van der Waals surface area contributed by atoms with Crippen LogP contribution in [0.1, 0.15) is 15.9 Å². The van der Waals surface area contributed by atoms with Crippen molar-refractivity contribution in [1.29, 1.82) is 0 Å². The molecule has 0 aliphatic carbocycles. The minimum atomic E-state index is -0.273. The maximum atomic E-state index is 13.3. The maximum Gasteiger partial charge on any atom is 0.259 e. The number of nitrogens with zero attached hydrogens (tertiary/aromatic N) is 3. The third-order valence-corrected chi connectivity index (χ3v) is 5.41. The first-order valence-electron chi connectivity index (χ1n) is 10.8. The summed E-state index contributed by atoms with van der Waals surface area (Å²) >= 11 is 0. The van der Waals surface area contributed by atoms with Crippen molar-refractivity contribution >= 4 is 17.5 Å². The zero-order chi connectivity index (χ0) is 24.1. The Morgan fingerprint density at radius 2 is 1.62 bits per heavy atom. The molecule has 0 spiro atoms. The summed E-state index contributed by atoms with van der Waals surface area (Å²) in [6.45, 7) is 0. The Morgan fingerprint density at radius 3 is 2.24 bits per heavy atom. The van der Waals surface area contributed by atoms with Gasteiger partial charge < -0.3 is 15.0 Å². The fourth-order valence-corrected chi connectivity index (χ4v) is 3.45. The van der Waals surface area contributed by atoms with Gasteiger partial charge in [0, 0.05) is 31.5 Å². The van der Waals surface area contributed by atoms with Gasteiger partial charge in [0.15, 0.2) is 0 Å². The molecule has 1 aromatic heterocycles. The van der Waals surface area contributed by atoms with E-state index >= 15 is 0 Å².